The van der Waals surface area contributed by atoms with E-state index < -0.39 is 12.7 Å². The van der Waals surface area contributed by atoms with Gasteiger partial charge in [0, 0.05) is 45.3 Å². The summed E-state index contributed by atoms with van der Waals surface area (Å²) in [4.78, 5) is 3.78. The van der Waals surface area contributed by atoms with E-state index in [1.165, 1.54) is 30.6 Å². The number of rotatable bonds is 5. The van der Waals surface area contributed by atoms with Gasteiger partial charge in [-0.1, -0.05) is 6.92 Å². The Morgan fingerprint density at radius 3 is 2.10 bits per heavy atom. The average molecular weight is 307 g/mol. The first-order valence-corrected chi connectivity index (χ1v) is 8.17. The van der Waals surface area contributed by atoms with E-state index in [1.807, 2.05) is 0 Å². The van der Waals surface area contributed by atoms with Crippen LogP contribution < -0.4 is 5.32 Å². The summed E-state index contributed by atoms with van der Waals surface area (Å²) in [6, 6.07) is 0.646. The lowest BCUT2D eigenvalue weighted by Gasteiger charge is -2.35. The maximum absolute atomic E-state index is 12.3. The lowest BCUT2D eigenvalue weighted by molar-refractivity contribution is -0.149. The van der Waals surface area contributed by atoms with Crippen molar-refractivity contribution in [3.8, 4) is 0 Å². The molecule has 0 bridgehead atoms. The fourth-order valence-corrected chi connectivity index (χ4v) is 3.32. The first-order chi connectivity index (χ1) is 9.92. The Kier molecular flexibility index (Phi) is 6.32. The summed E-state index contributed by atoms with van der Waals surface area (Å²) in [5, 5.41) is 3.60. The quantitative estimate of drug-likeness (QED) is 0.841. The third-order valence-electron chi connectivity index (χ3n) is 4.74. The molecule has 1 aliphatic heterocycles. The van der Waals surface area contributed by atoms with Crippen LogP contribution >= 0.6 is 0 Å². The van der Waals surface area contributed by atoms with Gasteiger partial charge in [0.15, 0.2) is 0 Å². The van der Waals surface area contributed by atoms with E-state index in [4.69, 9.17) is 0 Å². The Morgan fingerprint density at radius 1 is 0.952 bits per heavy atom. The first-order valence-electron chi connectivity index (χ1n) is 8.17. The highest BCUT2D eigenvalue weighted by molar-refractivity contribution is 4.77. The summed E-state index contributed by atoms with van der Waals surface area (Å²) in [5.41, 5.74) is 0. The van der Waals surface area contributed by atoms with Crippen molar-refractivity contribution in [1.29, 1.82) is 0 Å². The summed E-state index contributed by atoms with van der Waals surface area (Å²) in [7, 11) is 0. The van der Waals surface area contributed by atoms with E-state index in [0.717, 1.165) is 32.1 Å². The van der Waals surface area contributed by atoms with Gasteiger partial charge in [-0.05, 0) is 31.6 Å². The molecule has 0 unspecified atom stereocenters. The van der Waals surface area contributed by atoms with Crippen molar-refractivity contribution in [2.24, 2.45) is 5.92 Å². The first kappa shape index (κ1) is 17.0. The molecule has 0 spiro atoms. The van der Waals surface area contributed by atoms with Crippen LogP contribution in [0.2, 0.25) is 0 Å². The molecule has 0 amide bonds. The molecular formula is C15H28F3N3. The minimum absolute atomic E-state index is 0.528. The average Bonchev–Trinajstić information content (AvgIpc) is 2.41. The van der Waals surface area contributed by atoms with Crippen LogP contribution in [0.25, 0.3) is 0 Å². The number of halogens is 3. The SMILES string of the molecule is CC1CCC(NCCN2CCN(CC(F)(F)F)CC2)CC1. The van der Waals surface area contributed by atoms with E-state index in [9.17, 15) is 13.2 Å². The lowest BCUT2D eigenvalue weighted by Crippen LogP contribution is -2.50. The molecule has 0 atom stereocenters. The normalized spacial score (nSPS) is 29.7. The number of nitrogens with zero attached hydrogens (tertiary/aromatic N) is 2. The van der Waals surface area contributed by atoms with Crippen LogP contribution in [-0.2, 0) is 0 Å². The molecule has 3 nitrogen and oxygen atoms in total. The number of nitrogens with one attached hydrogen (secondary N) is 1. The minimum Gasteiger partial charge on any atom is -0.313 e. The third-order valence-corrected chi connectivity index (χ3v) is 4.74. The van der Waals surface area contributed by atoms with Crippen molar-refractivity contribution in [1.82, 2.24) is 15.1 Å². The van der Waals surface area contributed by atoms with Crippen molar-refractivity contribution >= 4 is 0 Å². The summed E-state index contributed by atoms with van der Waals surface area (Å²) >= 11 is 0. The molecule has 0 aromatic heterocycles. The molecule has 6 heteroatoms. The monoisotopic (exact) mass is 307 g/mol. The van der Waals surface area contributed by atoms with Gasteiger partial charge < -0.3 is 5.32 Å². The lowest BCUT2D eigenvalue weighted by atomic mass is 9.87. The Labute approximate surface area is 125 Å². The largest absolute Gasteiger partial charge is 0.401 e. The highest BCUT2D eigenvalue weighted by atomic mass is 19.4. The van der Waals surface area contributed by atoms with Crippen LogP contribution in [0, 0.1) is 5.92 Å². The molecule has 2 fully saturated rings. The van der Waals surface area contributed by atoms with Crippen molar-refractivity contribution in [2.75, 3.05) is 45.8 Å². The fourth-order valence-electron chi connectivity index (χ4n) is 3.32. The Hall–Kier alpha value is -0.330. The van der Waals surface area contributed by atoms with Crippen LogP contribution in [0.1, 0.15) is 32.6 Å². The summed E-state index contributed by atoms with van der Waals surface area (Å²) in [6.07, 6.45) is 1.09. The number of hydrogen-bond acceptors (Lipinski definition) is 3. The summed E-state index contributed by atoms with van der Waals surface area (Å²) in [6.45, 7) is 6.01. The zero-order valence-corrected chi connectivity index (χ0v) is 13.0. The highest BCUT2D eigenvalue weighted by Gasteiger charge is 2.32. The second-order valence-corrected chi connectivity index (χ2v) is 6.64. The molecule has 1 aliphatic carbocycles. The fraction of sp³-hybridized carbons (Fsp3) is 1.00. The van der Waals surface area contributed by atoms with Gasteiger partial charge in [0.05, 0.1) is 6.54 Å². The smallest absolute Gasteiger partial charge is 0.313 e. The molecule has 1 heterocycles. The van der Waals surface area contributed by atoms with E-state index in [1.54, 1.807) is 0 Å². The molecule has 0 aromatic rings. The molecule has 2 aliphatic rings. The molecular weight excluding hydrogens is 279 g/mol. The highest BCUT2D eigenvalue weighted by Crippen LogP contribution is 2.23. The van der Waals surface area contributed by atoms with Gasteiger partial charge in [0.2, 0.25) is 0 Å². The van der Waals surface area contributed by atoms with Gasteiger partial charge in [0.1, 0.15) is 0 Å². The van der Waals surface area contributed by atoms with Crippen LogP contribution in [-0.4, -0.2) is 67.8 Å². The van der Waals surface area contributed by atoms with E-state index in [-0.39, 0.29) is 0 Å². The molecule has 1 N–H and O–H groups in total. The summed E-state index contributed by atoms with van der Waals surface area (Å²) in [5.74, 6) is 0.866. The molecule has 0 aromatic carbocycles. The standard InChI is InChI=1S/C15H28F3N3/c1-13-2-4-14(5-3-13)19-6-7-20-8-10-21(11-9-20)12-15(16,17)18/h13-14,19H,2-12H2,1H3. The predicted octanol–water partition coefficient (Wildman–Crippen LogP) is 2.33. The maximum atomic E-state index is 12.3. The van der Waals surface area contributed by atoms with Crippen LogP contribution in [0.3, 0.4) is 0 Å². The van der Waals surface area contributed by atoms with Crippen LogP contribution in [0.5, 0.6) is 0 Å². The molecule has 2 rings (SSSR count). The molecule has 1 saturated carbocycles. The van der Waals surface area contributed by atoms with Crippen LogP contribution in [0.15, 0.2) is 0 Å². The van der Waals surface area contributed by atoms with Gasteiger partial charge in [-0.25, -0.2) is 0 Å². The second kappa shape index (κ2) is 7.79. The van der Waals surface area contributed by atoms with Crippen molar-refractivity contribution in [3.63, 3.8) is 0 Å². The van der Waals surface area contributed by atoms with Gasteiger partial charge >= 0.3 is 6.18 Å². The van der Waals surface area contributed by atoms with Gasteiger partial charge in [0.25, 0.3) is 0 Å². The van der Waals surface area contributed by atoms with Crippen LogP contribution in [0.4, 0.5) is 13.2 Å². The minimum atomic E-state index is -4.07. The van der Waals surface area contributed by atoms with Crippen molar-refractivity contribution < 1.29 is 13.2 Å². The topological polar surface area (TPSA) is 18.5 Å². The van der Waals surface area contributed by atoms with Crippen molar-refractivity contribution in [2.45, 2.75) is 44.8 Å². The molecule has 0 radical (unpaired) electrons. The third kappa shape index (κ3) is 6.53. The van der Waals surface area contributed by atoms with E-state index in [0.29, 0.717) is 19.1 Å². The number of hydrogen-bond donors (Lipinski definition) is 1. The van der Waals surface area contributed by atoms with Gasteiger partial charge in [-0.2, -0.15) is 13.2 Å². The molecule has 124 valence electrons. The van der Waals surface area contributed by atoms with Crippen molar-refractivity contribution in [3.05, 3.63) is 0 Å². The number of piperazine rings is 1. The zero-order valence-electron chi connectivity index (χ0n) is 13.0. The Balaban J connectivity index is 1.55. The van der Waals surface area contributed by atoms with E-state index >= 15 is 0 Å². The van der Waals surface area contributed by atoms with E-state index in [2.05, 4.69) is 17.1 Å². The zero-order chi connectivity index (χ0) is 15.3. The maximum Gasteiger partial charge on any atom is 0.401 e. The Bertz CT molecular complexity index is 293. The Morgan fingerprint density at radius 2 is 1.52 bits per heavy atom. The summed E-state index contributed by atoms with van der Waals surface area (Å²) < 4.78 is 36.9. The molecule has 21 heavy (non-hydrogen) atoms. The number of alkyl halides is 3. The molecule has 1 saturated heterocycles. The van der Waals surface area contributed by atoms with Gasteiger partial charge in [-0.3, -0.25) is 9.80 Å². The second-order valence-electron chi connectivity index (χ2n) is 6.64. The van der Waals surface area contributed by atoms with Gasteiger partial charge in [-0.15, -0.1) is 0 Å². The predicted molar refractivity (Wildman–Crippen MR) is 78.4 cm³/mol.